The number of carbonyl (C=O) groups excluding carboxylic acids is 1. The maximum atomic E-state index is 11.6. The van der Waals surface area contributed by atoms with Crippen LogP contribution in [0, 0.1) is 0 Å². The van der Waals surface area contributed by atoms with Crippen LogP contribution in [-0.2, 0) is 0 Å². The quantitative estimate of drug-likeness (QED) is 0.802. The normalized spacial score (nSPS) is 10.5. The highest BCUT2D eigenvalue weighted by atomic mass is 79.9. The first-order chi connectivity index (χ1) is 7.08. The molecule has 2 rings (SSSR count). The lowest BCUT2D eigenvalue weighted by Gasteiger charge is -1.99. The smallest absolute Gasteiger partial charge is 0.259 e. The van der Waals surface area contributed by atoms with Gasteiger partial charge in [-0.05, 0) is 18.2 Å². The maximum absolute atomic E-state index is 11.6. The van der Waals surface area contributed by atoms with Crippen molar-refractivity contribution in [2.24, 2.45) is 0 Å². The van der Waals surface area contributed by atoms with Crippen molar-refractivity contribution in [1.82, 2.24) is 9.97 Å². The lowest BCUT2D eigenvalue weighted by atomic mass is 10.2. The van der Waals surface area contributed by atoms with E-state index in [9.17, 15) is 9.59 Å². The van der Waals surface area contributed by atoms with Crippen LogP contribution < -0.4 is 5.56 Å². The van der Waals surface area contributed by atoms with Crippen LogP contribution in [0.15, 0.2) is 27.5 Å². The highest BCUT2D eigenvalue weighted by molar-refractivity contribution is 9.10. The average molecular weight is 267 g/mol. The molecular formula is C10H7BrN2O2. The Bertz CT molecular complexity index is 604. The molecule has 0 fully saturated rings. The van der Waals surface area contributed by atoms with Crippen molar-refractivity contribution in [2.45, 2.75) is 6.92 Å². The summed E-state index contributed by atoms with van der Waals surface area (Å²) in [6, 6.07) is 5.14. The molecule has 0 aliphatic heterocycles. The zero-order valence-electron chi connectivity index (χ0n) is 7.87. The lowest BCUT2D eigenvalue weighted by molar-refractivity contribution is 0.100. The fourth-order valence-corrected chi connectivity index (χ4v) is 1.64. The van der Waals surface area contributed by atoms with Gasteiger partial charge in [0.1, 0.15) is 0 Å². The molecule has 15 heavy (non-hydrogen) atoms. The minimum Gasteiger partial charge on any atom is -0.303 e. The molecule has 0 aliphatic carbocycles. The second-order valence-corrected chi connectivity index (χ2v) is 4.05. The molecule has 4 nitrogen and oxygen atoms in total. The summed E-state index contributed by atoms with van der Waals surface area (Å²) in [5, 5.41) is 0.467. The number of nitrogens with zero attached hydrogens (tertiary/aromatic N) is 1. The summed E-state index contributed by atoms with van der Waals surface area (Å²) in [7, 11) is 0. The SMILES string of the molecule is CC(=O)c1nc2ccc(Br)cc2c(=O)[nH]1. The van der Waals surface area contributed by atoms with Crippen LogP contribution in [0.25, 0.3) is 10.9 Å². The first kappa shape index (κ1) is 10.0. The number of hydrogen-bond donors (Lipinski definition) is 1. The monoisotopic (exact) mass is 266 g/mol. The van der Waals surface area contributed by atoms with Gasteiger partial charge in [0.2, 0.25) is 0 Å². The van der Waals surface area contributed by atoms with Crippen molar-refractivity contribution in [2.75, 3.05) is 0 Å². The highest BCUT2D eigenvalue weighted by Crippen LogP contribution is 2.14. The average Bonchev–Trinajstić information content (AvgIpc) is 2.18. The van der Waals surface area contributed by atoms with Gasteiger partial charge < -0.3 is 4.98 Å². The lowest BCUT2D eigenvalue weighted by Crippen LogP contribution is -2.14. The number of H-pyrrole nitrogens is 1. The van der Waals surface area contributed by atoms with Gasteiger partial charge in [0, 0.05) is 11.4 Å². The largest absolute Gasteiger partial charge is 0.303 e. The van der Waals surface area contributed by atoms with E-state index in [0.29, 0.717) is 10.9 Å². The predicted molar refractivity (Wildman–Crippen MR) is 60.1 cm³/mol. The third-order valence-electron chi connectivity index (χ3n) is 2.00. The van der Waals surface area contributed by atoms with E-state index in [4.69, 9.17) is 0 Å². The molecule has 2 aromatic rings. The van der Waals surface area contributed by atoms with E-state index in [1.54, 1.807) is 18.2 Å². The van der Waals surface area contributed by atoms with Crippen molar-refractivity contribution in [3.8, 4) is 0 Å². The molecule has 0 unspecified atom stereocenters. The number of Topliss-reactive ketones (excluding diaryl/α,β-unsaturated/α-hetero) is 1. The van der Waals surface area contributed by atoms with Gasteiger partial charge in [-0.2, -0.15) is 0 Å². The summed E-state index contributed by atoms with van der Waals surface area (Å²) < 4.78 is 0.804. The summed E-state index contributed by atoms with van der Waals surface area (Å²) in [5.41, 5.74) is 0.221. The van der Waals surface area contributed by atoms with E-state index < -0.39 is 0 Å². The Labute approximate surface area is 93.5 Å². The van der Waals surface area contributed by atoms with Crippen LogP contribution in [-0.4, -0.2) is 15.8 Å². The first-order valence-electron chi connectivity index (χ1n) is 4.28. The molecule has 0 atom stereocenters. The summed E-state index contributed by atoms with van der Waals surface area (Å²) in [6.07, 6.45) is 0. The number of ketones is 1. The predicted octanol–water partition coefficient (Wildman–Crippen LogP) is 1.89. The van der Waals surface area contributed by atoms with Gasteiger partial charge in [-0.1, -0.05) is 15.9 Å². The second kappa shape index (κ2) is 3.58. The molecule has 5 heteroatoms. The van der Waals surface area contributed by atoms with Crippen LogP contribution >= 0.6 is 15.9 Å². The van der Waals surface area contributed by atoms with Crippen LogP contribution in [0.5, 0.6) is 0 Å². The summed E-state index contributed by atoms with van der Waals surface area (Å²) >= 11 is 3.27. The zero-order valence-corrected chi connectivity index (χ0v) is 9.46. The number of benzene rings is 1. The molecule has 0 saturated heterocycles. The van der Waals surface area contributed by atoms with Crippen molar-refractivity contribution in [3.63, 3.8) is 0 Å². The molecule has 0 aliphatic rings. The zero-order chi connectivity index (χ0) is 11.0. The Morgan fingerprint density at radius 1 is 1.47 bits per heavy atom. The van der Waals surface area contributed by atoms with Gasteiger partial charge >= 0.3 is 0 Å². The fourth-order valence-electron chi connectivity index (χ4n) is 1.28. The van der Waals surface area contributed by atoms with E-state index in [1.165, 1.54) is 6.92 Å². The third kappa shape index (κ3) is 1.83. The van der Waals surface area contributed by atoms with Gasteiger partial charge in [0.15, 0.2) is 11.6 Å². The molecule has 1 aromatic carbocycles. The molecule has 76 valence electrons. The Hall–Kier alpha value is -1.49. The number of rotatable bonds is 1. The second-order valence-electron chi connectivity index (χ2n) is 3.13. The topological polar surface area (TPSA) is 62.8 Å². The molecule has 0 spiro atoms. The number of hydrogen-bond acceptors (Lipinski definition) is 3. The van der Waals surface area contributed by atoms with E-state index in [0.717, 1.165) is 4.47 Å². The van der Waals surface area contributed by atoms with E-state index in [1.807, 2.05) is 0 Å². The molecule has 0 radical (unpaired) electrons. The molecular weight excluding hydrogens is 260 g/mol. The van der Waals surface area contributed by atoms with Gasteiger partial charge in [-0.3, -0.25) is 9.59 Å². The number of nitrogens with one attached hydrogen (secondary N) is 1. The Balaban J connectivity index is 2.84. The first-order valence-corrected chi connectivity index (χ1v) is 5.08. The Morgan fingerprint density at radius 3 is 2.87 bits per heavy atom. The summed E-state index contributed by atoms with van der Waals surface area (Å²) in [4.78, 5) is 29.1. The molecule has 1 heterocycles. The molecule has 0 bridgehead atoms. The number of aromatic amines is 1. The van der Waals surface area contributed by atoms with Gasteiger partial charge in [0.05, 0.1) is 10.9 Å². The minimum atomic E-state index is -0.300. The number of carbonyl (C=O) groups is 1. The van der Waals surface area contributed by atoms with Gasteiger partial charge in [-0.15, -0.1) is 0 Å². The van der Waals surface area contributed by atoms with Crippen LogP contribution in [0.1, 0.15) is 17.5 Å². The number of fused-ring (bicyclic) bond motifs is 1. The Morgan fingerprint density at radius 2 is 2.20 bits per heavy atom. The molecule has 0 amide bonds. The fraction of sp³-hybridized carbons (Fsp3) is 0.100. The van der Waals surface area contributed by atoms with Crippen LogP contribution in [0.4, 0.5) is 0 Å². The van der Waals surface area contributed by atoms with Crippen molar-refractivity contribution in [1.29, 1.82) is 0 Å². The summed E-state index contributed by atoms with van der Waals surface area (Å²) in [5.74, 6) is -0.160. The third-order valence-corrected chi connectivity index (χ3v) is 2.49. The molecule has 1 N–H and O–H groups in total. The highest BCUT2D eigenvalue weighted by Gasteiger charge is 2.06. The van der Waals surface area contributed by atoms with Gasteiger partial charge in [-0.25, -0.2) is 4.98 Å². The number of halogens is 1. The molecule has 1 aromatic heterocycles. The van der Waals surface area contributed by atoms with Crippen LogP contribution in [0.3, 0.4) is 0 Å². The van der Waals surface area contributed by atoms with E-state index >= 15 is 0 Å². The van der Waals surface area contributed by atoms with Crippen molar-refractivity contribution < 1.29 is 4.79 Å². The maximum Gasteiger partial charge on any atom is 0.259 e. The van der Waals surface area contributed by atoms with E-state index in [-0.39, 0.29) is 17.2 Å². The summed E-state index contributed by atoms with van der Waals surface area (Å²) in [6.45, 7) is 1.36. The standard InChI is InChI=1S/C10H7BrN2O2/c1-5(14)9-12-8-3-2-6(11)4-7(8)10(15)13-9/h2-4H,1H3,(H,12,13,15). The van der Waals surface area contributed by atoms with Crippen LogP contribution in [0.2, 0.25) is 0 Å². The van der Waals surface area contributed by atoms with Gasteiger partial charge in [0.25, 0.3) is 5.56 Å². The Kier molecular flexibility index (Phi) is 2.40. The number of aromatic nitrogens is 2. The van der Waals surface area contributed by atoms with E-state index in [2.05, 4.69) is 25.9 Å². The minimum absolute atomic E-state index is 0.0924. The van der Waals surface area contributed by atoms with Crippen molar-refractivity contribution >= 4 is 32.6 Å². The van der Waals surface area contributed by atoms with Crippen molar-refractivity contribution in [3.05, 3.63) is 38.9 Å². The molecule has 0 saturated carbocycles.